The van der Waals surface area contributed by atoms with Crippen LogP contribution in [0.25, 0.3) is 11.4 Å². The second-order valence-corrected chi connectivity index (χ2v) is 15.2. The van der Waals surface area contributed by atoms with Crippen molar-refractivity contribution in [3.63, 3.8) is 0 Å². The summed E-state index contributed by atoms with van der Waals surface area (Å²) in [5.74, 6) is -2.66. The van der Waals surface area contributed by atoms with E-state index in [9.17, 15) is 38.2 Å². The minimum absolute atomic E-state index is 0. The largest absolute Gasteiger partial charge is 1.00 e. The van der Waals surface area contributed by atoms with Crippen LogP contribution in [0.1, 0.15) is 83.1 Å². The fraction of sp³-hybridized carbons (Fsp3) is 0.350. The number of fused-ring (bicyclic) bond motifs is 2. The van der Waals surface area contributed by atoms with Crippen LogP contribution in [0.3, 0.4) is 0 Å². The van der Waals surface area contributed by atoms with Crippen molar-refractivity contribution in [2.75, 3.05) is 13.2 Å². The van der Waals surface area contributed by atoms with E-state index < -0.39 is 68.7 Å². The Bertz CT molecular complexity index is 2670. The SMILES string of the molecule is Cc1ncnn1-c1cc(F)ccc1CNC(=O)c1nc2n(c(=O)c1O)CCOC2(C)C.Cc1ncnn1-c1cc(F)ccc1CNC(=O)c1nc2n(c(=O)c1[O-])CCOC2(C)C.O.[Na+]. The molecule has 2 amide bonds. The molecule has 8 rings (SSSR count). The summed E-state index contributed by atoms with van der Waals surface area (Å²) in [6.45, 7) is 11.2. The molecule has 2 aliphatic rings. The predicted octanol–water partition coefficient (Wildman–Crippen LogP) is -2.11. The van der Waals surface area contributed by atoms with Gasteiger partial charge in [0.1, 0.15) is 64.5 Å². The third-order valence-corrected chi connectivity index (χ3v) is 10.2. The van der Waals surface area contributed by atoms with Crippen molar-refractivity contribution >= 4 is 11.8 Å². The monoisotopic (exact) mass is 896 g/mol. The molecular weight excluding hydrogens is 854 g/mol. The standard InChI is InChI=1S/2C20H21FN6O4.Na.H2O/c2*1-11-23-10-24-27(11)14-8-13(21)5-4-12(14)9-22-17(29)15-16(28)18(30)26-6-7-31-20(2,3)19(26)25-15;;/h2*4-5,8,10,28H,6-7,9H2,1-3H3,(H,22,29);;1H2/q;;+1;/p-1. The van der Waals surface area contributed by atoms with Gasteiger partial charge in [0.2, 0.25) is 11.3 Å². The number of carbonyl (C=O) groups excluding carboxylic acids is 2. The van der Waals surface area contributed by atoms with E-state index in [1.54, 1.807) is 41.5 Å². The number of halogens is 2. The van der Waals surface area contributed by atoms with Gasteiger partial charge in [-0.1, -0.05) is 12.1 Å². The van der Waals surface area contributed by atoms with E-state index >= 15 is 0 Å². The van der Waals surface area contributed by atoms with Gasteiger partial charge >= 0.3 is 29.6 Å². The molecule has 0 aliphatic carbocycles. The molecule has 2 aromatic carbocycles. The fourth-order valence-electron chi connectivity index (χ4n) is 7.00. The quantitative estimate of drug-likeness (QED) is 0.138. The van der Waals surface area contributed by atoms with Gasteiger partial charge in [-0.2, -0.15) is 10.2 Å². The number of ether oxygens (including phenoxy) is 2. The molecule has 0 saturated heterocycles. The molecule has 0 saturated carbocycles. The Hall–Kier alpha value is -6.24. The van der Waals surface area contributed by atoms with E-state index in [2.05, 4.69) is 40.8 Å². The Labute approximate surface area is 384 Å². The van der Waals surface area contributed by atoms with E-state index in [-0.39, 0.29) is 79.5 Å². The minimum atomic E-state index is -0.981. The van der Waals surface area contributed by atoms with Crippen LogP contribution in [0.2, 0.25) is 0 Å². The summed E-state index contributed by atoms with van der Waals surface area (Å²) in [6.07, 6.45) is 2.68. The number of hydrogen-bond donors (Lipinski definition) is 3. The van der Waals surface area contributed by atoms with Gasteiger partial charge in [0.25, 0.3) is 17.4 Å². The van der Waals surface area contributed by atoms with Crippen molar-refractivity contribution in [2.45, 2.75) is 78.9 Å². The Morgan fingerprint density at radius 2 is 1.17 bits per heavy atom. The van der Waals surface area contributed by atoms with E-state index in [1.165, 1.54) is 67.6 Å². The molecule has 0 fully saturated rings. The first-order chi connectivity index (χ1) is 29.4. The Morgan fingerprint density at radius 1 is 0.750 bits per heavy atom. The van der Waals surface area contributed by atoms with E-state index in [4.69, 9.17) is 9.47 Å². The van der Waals surface area contributed by atoms with Gasteiger partial charge in [0, 0.05) is 13.1 Å². The van der Waals surface area contributed by atoms with Gasteiger partial charge in [-0.05, 0) is 82.7 Å². The number of carbonyl (C=O) groups is 2. The van der Waals surface area contributed by atoms with Crippen molar-refractivity contribution in [3.05, 3.63) is 127 Å². The molecule has 332 valence electrons. The molecule has 2 aliphatic heterocycles. The summed E-state index contributed by atoms with van der Waals surface area (Å²) >= 11 is 0. The molecule has 6 heterocycles. The van der Waals surface area contributed by atoms with E-state index in [0.29, 0.717) is 40.8 Å². The number of nitrogens with zero attached hydrogens (tertiary/aromatic N) is 10. The van der Waals surface area contributed by atoms with Crippen molar-refractivity contribution in [3.8, 4) is 22.9 Å². The van der Waals surface area contributed by atoms with E-state index in [0.717, 1.165) is 0 Å². The van der Waals surface area contributed by atoms with Crippen LogP contribution in [-0.2, 0) is 46.9 Å². The van der Waals surface area contributed by atoms with Gasteiger partial charge in [0.05, 0.1) is 37.7 Å². The van der Waals surface area contributed by atoms with Gasteiger partial charge in [0.15, 0.2) is 5.69 Å². The van der Waals surface area contributed by atoms with Gasteiger partial charge in [-0.3, -0.25) is 28.3 Å². The Kier molecular flexibility index (Phi) is 14.7. The third-order valence-electron chi connectivity index (χ3n) is 10.2. The molecule has 0 atom stereocenters. The average Bonchev–Trinajstić information content (AvgIpc) is 3.86. The zero-order chi connectivity index (χ0) is 44.7. The maximum atomic E-state index is 13.8. The normalized spacial score (nSPS) is 14.4. The average molecular weight is 897 g/mol. The molecule has 6 aromatic rings. The van der Waals surface area contributed by atoms with Crippen LogP contribution < -0.4 is 56.4 Å². The molecule has 0 unspecified atom stereocenters. The number of amides is 2. The van der Waals surface area contributed by atoms with Crippen LogP contribution >= 0.6 is 0 Å². The number of aromatic hydroxyl groups is 1. The second-order valence-electron chi connectivity index (χ2n) is 15.2. The smallest absolute Gasteiger partial charge is 0.867 e. The van der Waals surface area contributed by atoms with Crippen molar-refractivity contribution in [1.82, 2.24) is 59.3 Å². The number of aromatic nitrogens is 10. The van der Waals surface area contributed by atoms with Crippen molar-refractivity contribution in [1.29, 1.82) is 0 Å². The Morgan fingerprint density at radius 3 is 1.61 bits per heavy atom. The summed E-state index contributed by atoms with van der Waals surface area (Å²) in [4.78, 5) is 67.0. The van der Waals surface area contributed by atoms with Gasteiger partial charge in [-0.25, -0.2) is 38.1 Å². The zero-order valence-electron chi connectivity index (χ0n) is 35.9. The molecule has 4 aromatic heterocycles. The second kappa shape index (κ2) is 19.2. The number of rotatable bonds is 8. The van der Waals surface area contributed by atoms with E-state index in [1.807, 2.05) is 0 Å². The number of nitrogens with one attached hydrogen (secondary N) is 2. The molecule has 5 N–H and O–H groups in total. The first kappa shape index (κ1) is 48.8. The molecule has 0 spiro atoms. The Balaban J connectivity index is 0.000000234. The van der Waals surface area contributed by atoms with Crippen molar-refractivity contribution in [2.24, 2.45) is 0 Å². The van der Waals surface area contributed by atoms with Crippen LogP contribution in [-0.4, -0.2) is 84.2 Å². The molecule has 64 heavy (non-hydrogen) atoms. The number of aryl methyl sites for hydroxylation is 2. The zero-order valence-corrected chi connectivity index (χ0v) is 37.9. The molecule has 0 radical (unpaired) electrons. The summed E-state index contributed by atoms with van der Waals surface area (Å²) in [5.41, 5.74) is -2.33. The summed E-state index contributed by atoms with van der Waals surface area (Å²) in [6, 6.07) is 8.07. The topological polar surface area (TPSA) is 283 Å². The molecule has 0 bridgehead atoms. The molecular formula is C40H43F2N12NaO9. The maximum Gasteiger partial charge on any atom is 1.00 e. The summed E-state index contributed by atoms with van der Waals surface area (Å²) in [7, 11) is 0. The number of benzene rings is 2. The van der Waals surface area contributed by atoms with Crippen LogP contribution in [0.5, 0.6) is 11.5 Å². The van der Waals surface area contributed by atoms with Crippen LogP contribution in [0.4, 0.5) is 8.78 Å². The predicted molar refractivity (Wildman–Crippen MR) is 214 cm³/mol. The van der Waals surface area contributed by atoms with Crippen LogP contribution in [0, 0.1) is 25.5 Å². The summed E-state index contributed by atoms with van der Waals surface area (Å²) in [5, 5.41) is 36.1. The molecule has 24 heteroatoms. The van der Waals surface area contributed by atoms with Gasteiger partial charge in [-0.15, -0.1) is 0 Å². The maximum absolute atomic E-state index is 13.8. The van der Waals surface area contributed by atoms with Crippen molar-refractivity contribution < 1.29 is 73.1 Å². The fourth-order valence-corrected chi connectivity index (χ4v) is 7.00. The summed E-state index contributed by atoms with van der Waals surface area (Å²) < 4.78 is 44.3. The van der Waals surface area contributed by atoms with Crippen LogP contribution in [0.15, 0.2) is 58.6 Å². The first-order valence-corrected chi connectivity index (χ1v) is 19.2. The minimum Gasteiger partial charge on any atom is -0.867 e. The number of hydrogen-bond acceptors (Lipinski definition) is 14. The first-order valence-electron chi connectivity index (χ1n) is 19.2. The third kappa shape index (κ3) is 9.63. The van der Waals surface area contributed by atoms with Gasteiger partial charge < -0.3 is 35.8 Å². The molecule has 21 nitrogen and oxygen atoms in total.